The van der Waals surface area contributed by atoms with Gasteiger partial charge in [0, 0.05) is 20.2 Å². The van der Waals surface area contributed by atoms with Crippen LogP contribution in [0.15, 0.2) is 0 Å². The van der Waals surface area contributed by atoms with Crippen molar-refractivity contribution in [3.63, 3.8) is 0 Å². The zero-order chi connectivity index (χ0) is 14.0. The molecule has 0 aromatic rings. The Morgan fingerprint density at radius 1 is 1.17 bits per heavy atom. The highest BCUT2D eigenvalue weighted by Gasteiger charge is 2.44. The standard InChI is InChI=1S/C6H13BO9P2/c1-12-17(8,9)15-4-3-14-6(7)5(4)16-18(10,11)13-2/h4-6H,3H2,1-2H3,(H,8,9)(H,10,11)/t4-,5-,6+/m0/s1. The van der Waals surface area contributed by atoms with Crippen LogP contribution in [0.3, 0.4) is 0 Å². The zero-order valence-electron chi connectivity index (χ0n) is 9.66. The van der Waals surface area contributed by atoms with Crippen molar-refractivity contribution in [1.82, 2.24) is 0 Å². The molecular weight excluding hydrogens is 289 g/mol. The molecule has 0 aromatic carbocycles. The number of phosphoric ester groups is 2. The van der Waals surface area contributed by atoms with Gasteiger partial charge in [-0.1, -0.05) is 0 Å². The van der Waals surface area contributed by atoms with E-state index in [0.717, 1.165) is 14.2 Å². The molecule has 1 rings (SSSR count). The van der Waals surface area contributed by atoms with Crippen LogP contribution in [0.25, 0.3) is 0 Å². The van der Waals surface area contributed by atoms with Crippen LogP contribution >= 0.6 is 15.6 Å². The lowest BCUT2D eigenvalue weighted by molar-refractivity contribution is 0.0317. The molecule has 0 aliphatic carbocycles. The second-order valence-electron chi connectivity index (χ2n) is 3.31. The molecule has 1 aliphatic heterocycles. The molecule has 9 nitrogen and oxygen atoms in total. The van der Waals surface area contributed by atoms with Gasteiger partial charge in [0.1, 0.15) is 20.1 Å². The van der Waals surface area contributed by atoms with Gasteiger partial charge in [0.2, 0.25) is 0 Å². The van der Waals surface area contributed by atoms with Crippen LogP contribution in [-0.4, -0.2) is 56.7 Å². The highest BCUT2D eigenvalue weighted by atomic mass is 31.2. The Balaban J connectivity index is 2.74. The monoisotopic (exact) mass is 302 g/mol. The van der Waals surface area contributed by atoms with Crippen LogP contribution < -0.4 is 0 Å². The molecule has 2 unspecified atom stereocenters. The Bertz CT molecular complexity index is 376. The largest absolute Gasteiger partial charge is 0.472 e. The fourth-order valence-corrected chi connectivity index (χ4v) is 2.49. The van der Waals surface area contributed by atoms with E-state index in [9.17, 15) is 9.13 Å². The molecule has 1 saturated heterocycles. The van der Waals surface area contributed by atoms with Crippen molar-refractivity contribution in [2.75, 3.05) is 20.8 Å². The third-order valence-corrected chi connectivity index (χ3v) is 4.10. The van der Waals surface area contributed by atoms with Crippen molar-refractivity contribution in [2.24, 2.45) is 0 Å². The van der Waals surface area contributed by atoms with Crippen molar-refractivity contribution in [3.05, 3.63) is 0 Å². The predicted octanol–water partition coefficient (Wildman–Crippen LogP) is -0.225. The summed E-state index contributed by atoms with van der Waals surface area (Å²) in [6.45, 7) is -0.191. The van der Waals surface area contributed by atoms with Gasteiger partial charge in [-0.05, 0) is 0 Å². The van der Waals surface area contributed by atoms with Gasteiger partial charge in [-0.2, -0.15) is 0 Å². The van der Waals surface area contributed by atoms with Gasteiger partial charge in [0.25, 0.3) is 0 Å². The first-order valence-electron chi connectivity index (χ1n) is 4.72. The maximum Gasteiger partial charge on any atom is 0.472 e. The van der Waals surface area contributed by atoms with Gasteiger partial charge in [-0.3, -0.25) is 18.1 Å². The summed E-state index contributed by atoms with van der Waals surface area (Å²) in [5.41, 5.74) is 0. The number of hydrogen-bond acceptors (Lipinski definition) is 7. The summed E-state index contributed by atoms with van der Waals surface area (Å²) < 4.78 is 45.2. The summed E-state index contributed by atoms with van der Waals surface area (Å²) in [6.07, 6.45) is -2.37. The van der Waals surface area contributed by atoms with E-state index in [-0.39, 0.29) is 6.61 Å². The molecule has 0 aromatic heterocycles. The lowest BCUT2D eigenvalue weighted by Gasteiger charge is -2.23. The molecule has 0 amide bonds. The maximum absolute atomic E-state index is 11.2. The summed E-state index contributed by atoms with van der Waals surface area (Å²) in [6, 6.07) is -1.09. The lowest BCUT2D eigenvalue weighted by atomic mass is 9.94. The van der Waals surface area contributed by atoms with E-state index in [2.05, 4.69) is 13.6 Å². The summed E-state index contributed by atoms with van der Waals surface area (Å²) in [7, 11) is -1.21. The van der Waals surface area contributed by atoms with E-state index in [4.69, 9.17) is 26.9 Å². The molecule has 1 aliphatic rings. The Morgan fingerprint density at radius 2 is 1.67 bits per heavy atom. The quantitative estimate of drug-likeness (QED) is 0.506. The van der Waals surface area contributed by atoms with Gasteiger partial charge < -0.3 is 14.5 Å². The SMILES string of the molecule is [B][C@@H]1OC[C@H](OP(=O)(O)OC)[C@@H]1OP(=O)(O)OC. The molecule has 1 heterocycles. The van der Waals surface area contributed by atoms with Crippen molar-refractivity contribution >= 4 is 23.5 Å². The minimum absolute atomic E-state index is 0.191. The molecule has 5 atom stereocenters. The third kappa shape index (κ3) is 4.41. The Labute approximate surface area is 105 Å². The van der Waals surface area contributed by atoms with Gasteiger partial charge in [0.15, 0.2) is 0 Å². The molecule has 12 heteroatoms. The van der Waals surface area contributed by atoms with E-state index in [1.54, 1.807) is 0 Å². The summed E-state index contributed by atoms with van der Waals surface area (Å²) >= 11 is 0. The predicted molar refractivity (Wildman–Crippen MR) is 58.9 cm³/mol. The molecule has 104 valence electrons. The zero-order valence-corrected chi connectivity index (χ0v) is 11.5. The van der Waals surface area contributed by atoms with Crippen molar-refractivity contribution in [3.8, 4) is 0 Å². The molecule has 1 fully saturated rings. The molecule has 0 saturated carbocycles. The van der Waals surface area contributed by atoms with Crippen molar-refractivity contribution < 1.29 is 41.7 Å². The first kappa shape index (κ1) is 16.3. The topological polar surface area (TPSA) is 121 Å². The lowest BCUT2D eigenvalue weighted by Crippen LogP contribution is -2.34. The molecule has 2 N–H and O–H groups in total. The van der Waals surface area contributed by atoms with Crippen LogP contribution in [0.1, 0.15) is 0 Å². The summed E-state index contributed by atoms with van der Waals surface area (Å²) in [5.74, 6) is 0. The van der Waals surface area contributed by atoms with Crippen LogP contribution in [0.5, 0.6) is 0 Å². The van der Waals surface area contributed by atoms with Crippen LogP contribution in [0, 0.1) is 0 Å². The minimum atomic E-state index is -4.32. The van der Waals surface area contributed by atoms with Gasteiger partial charge in [-0.25, -0.2) is 9.13 Å². The molecule has 0 bridgehead atoms. The normalized spacial score (nSPS) is 35.0. The minimum Gasteiger partial charge on any atom is -0.382 e. The summed E-state index contributed by atoms with van der Waals surface area (Å²) in [5, 5.41) is 0. The van der Waals surface area contributed by atoms with E-state index < -0.39 is 33.9 Å². The van der Waals surface area contributed by atoms with E-state index in [0.29, 0.717) is 0 Å². The Hall–Kier alpha value is 0.245. The summed E-state index contributed by atoms with van der Waals surface area (Å²) in [4.78, 5) is 18.3. The molecule has 2 radical (unpaired) electrons. The Morgan fingerprint density at radius 3 is 2.17 bits per heavy atom. The fourth-order valence-electron chi connectivity index (χ4n) is 1.24. The van der Waals surface area contributed by atoms with Gasteiger partial charge in [0.05, 0.1) is 6.61 Å². The van der Waals surface area contributed by atoms with Crippen LogP contribution in [0.4, 0.5) is 0 Å². The number of phosphoric acid groups is 2. The fraction of sp³-hybridized carbons (Fsp3) is 1.00. The smallest absolute Gasteiger partial charge is 0.382 e. The molecule has 0 spiro atoms. The second-order valence-corrected chi connectivity index (χ2v) is 6.34. The average Bonchev–Trinajstić information content (AvgIpc) is 2.61. The highest BCUT2D eigenvalue weighted by molar-refractivity contribution is 7.47. The van der Waals surface area contributed by atoms with Gasteiger partial charge in [-0.15, -0.1) is 0 Å². The first-order chi connectivity index (χ1) is 8.21. The first-order valence-corrected chi connectivity index (χ1v) is 7.71. The van der Waals surface area contributed by atoms with E-state index >= 15 is 0 Å². The maximum atomic E-state index is 11.2. The highest BCUT2D eigenvalue weighted by Crippen LogP contribution is 2.49. The Kier molecular flexibility index (Phi) is 5.55. The number of rotatable bonds is 6. The van der Waals surface area contributed by atoms with Crippen LogP contribution in [0.2, 0.25) is 0 Å². The van der Waals surface area contributed by atoms with Gasteiger partial charge >= 0.3 is 15.6 Å². The van der Waals surface area contributed by atoms with Crippen LogP contribution in [-0.2, 0) is 32.0 Å². The van der Waals surface area contributed by atoms with E-state index in [1.807, 2.05) is 0 Å². The van der Waals surface area contributed by atoms with Crippen molar-refractivity contribution in [1.29, 1.82) is 0 Å². The number of ether oxygens (including phenoxy) is 1. The third-order valence-electron chi connectivity index (χ3n) is 2.13. The van der Waals surface area contributed by atoms with Crippen molar-refractivity contribution in [2.45, 2.75) is 18.2 Å². The molecular formula is C6H13BO9P2. The average molecular weight is 302 g/mol. The molecule has 18 heavy (non-hydrogen) atoms. The second kappa shape index (κ2) is 6.13. The van der Waals surface area contributed by atoms with E-state index in [1.165, 1.54) is 0 Å². The number of hydrogen-bond donors (Lipinski definition) is 2.